The number of benzene rings is 1. The highest BCUT2D eigenvalue weighted by atomic mass is 16.4. The topological polar surface area (TPSA) is 60.9 Å². The average Bonchev–Trinajstić information content (AvgIpc) is 2.48. The molecule has 0 spiro atoms. The molecule has 1 aromatic carbocycles. The minimum Gasteiger partial charge on any atom is -0.478 e. The van der Waals surface area contributed by atoms with E-state index >= 15 is 0 Å². The van der Waals surface area contributed by atoms with Crippen molar-refractivity contribution in [3.8, 4) is 0 Å². The number of fused-ring (bicyclic) bond motifs is 1. The molecule has 0 bridgehead atoms. The maximum atomic E-state index is 12.2. The Hall–Kier alpha value is -2.04. The summed E-state index contributed by atoms with van der Waals surface area (Å²) >= 11 is 0. The molecule has 1 aliphatic rings. The van der Waals surface area contributed by atoms with E-state index in [9.17, 15) is 9.59 Å². The van der Waals surface area contributed by atoms with Crippen molar-refractivity contribution in [1.29, 1.82) is 0 Å². The standard InChI is InChI=1S/C16H22N2O3/c1-3-17(4-2)15(19)11-18-9-5-6-12-10-13(16(20)21)7-8-14(12)18/h7-8,10H,3-6,9,11H2,1-2H3,(H,20,21). The number of hydrogen-bond donors (Lipinski definition) is 1. The zero-order valence-electron chi connectivity index (χ0n) is 12.6. The maximum absolute atomic E-state index is 12.2. The second kappa shape index (κ2) is 6.61. The summed E-state index contributed by atoms with van der Waals surface area (Å²) in [4.78, 5) is 27.2. The molecule has 0 unspecified atom stereocenters. The molecular formula is C16H22N2O3. The second-order valence-electron chi connectivity index (χ2n) is 5.24. The van der Waals surface area contributed by atoms with E-state index in [-0.39, 0.29) is 5.91 Å². The quantitative estimate of drug-likeness (QED) is 0.901. The highest BCUT2D eigenvalue weighted by Crippen LogP contribution is 2.28. The van der Waals surface area contributed by atoms with Crippen LogP contribution in [0, 0.1) is 0 Å². The molecule has 1 N–H and O–H groups in total. The molecule has 1 aromatic rings. The Bertz CT molecular complexity index is 538. The molecule has 1 amide bonds. The van der Waals surface area contributed by atoms with Gasteiger partial charge in [-0.2, -0.15) is 0 Å². The van der Waals surface area contributed by atoms with Crippen LogP contribution < -0.4 is 4.90 Å². The van der Waals surface area contributed by atoms with E-state index in [0.29, 0.717) is 25.2 Å². The number of nitrogens with zero attached hydrogens (tertiary/aromatic N) is 2. The molecule has 1 heterocycles. The van der Waals surface area contributed by atoms with Crippen LogP contribution in [0.4, 0.5) is 5.69 Å². The van der Waals surface area contributed by atoms with Gasteiger partial charge in [0.25, 0.3) is 0 Å². The van der Waals surface area contributed by atoms with E-state index in [1.54, 1.807) is 12.1 Å². The van der Waals surface area contributed by atoms with Crippen molar-refractivity contribution < 1.29 is 14.7 Å². The largest absolute Gasteiger partial charge is 0.478 e. The normalized spacial score (nSPS) is 13.7. The predicted molar refractivity (Wildman–Crippen MR) is 81.9 cm³/mol. The molecule has 0 aromatic heterocycles. The van der Waals surface area contributed by atoms with Gasteiger partial charge in [-0.3, -0.25) is 4.79 Å². The van der Waals surface area contributed by atoms with Gasteiger partial charge < -0.3 is 14.9 Å². The van der Waals surface area contributed by atoms with Crippen LogP contribution in [0.5, 0.6) is 0 Å². The Morgan fingerprint density at radius 1 is 1.29 bits per heavy atom. The van der Waals surface area contributed by atoms with Crippen LogP contribution in [0.2, 0.25) is 0 Å². The van der Waals surface area contributed by atoms with Crippen LogP contribution in [0.3, 0.4) is 0 Å². The Labute approximate surface area is 125 Å². The number of carbonyl (C=O) groups excluding carboxylic acids is 1. The van der Waals surface area contributed by atoms with E-state index < -0.39 is 5.97 Å². The summed E-state index contributed by atoms with van der Waals surface area (Å²) in [5, 5.41) is 9.06. The lowest BCUT2D eigenvalue weighted by molar-refractivity contribution is -0.129. The van der Waals surface area contributed by atoms with Crippen LogP contribution in [-0.2, 0) is 11.2 Å². The number of aromatic carboxylic acids is 1. The number of carbonyl (C=O) groups is 2. The van der Waals surface area contributed by atoms with Crippen molar-refractivity contribution in [3.05, 3.63) is 29.3 Å². The maximum Gasteiger partial charge on any atom is 0.335 e. The van der Waals surface area contributed by atoms with E-state index in [4.69, 9.17) is 5.11 Å². The molecule has 0 aliphatic carbocycles. The minimum atomic E-state index is -0.908. The number of carboxylic acids is 1. The van der Waals surface area contributed by atoms with E-state index in [1.807, 2.05) is 24.8 Å². The van der Waals surface area contributed by atoms with Gasteiger partial charge in [0, 0.05) is 25.3 Å². The Morgan fingerprint density at radius 2 is 2.00 bits per heavy atom. The zero-order valence-corrected chi connectivity index (χ0v) is 12.6. The summed E-state index contributed by atoms with van der Waals surface area (Å²) in [6.45, 7) is 6.59. The molecule has 0 saturated carbocycles. The summed E-state index contributed by atoms with van der Waals surface area (Å²) in [5.41, 5.74) is 2.32. The average molecular weight is 290 g/mol. The smallest absolute Gasteiger partial charge is 0.335 e. The molecule has 2 rings (SSSR count). The van der Waals surface area contributed by atoms with Gasteiger partial charge in [-0.05, 0) is 50.5 Å². The molecule has 5 nitrogen and oxygen atoms in total. The fourth-order valence-electron chi connectivity index (χ4n) is 2.81. The first-order valence-electron chi connectivity index (χ1n) is 7.45. The highest BCUT2D eigenvalue weighted by Gasteiger charge is 2.21. The molecule has 114 valence electrons. The van der Waals surface area contributed by atoms with Crippen molar-refractivity contribution in [2.24, 2.45) is 0 Å². The summed E-state index contributed by atoms with van der Waals surface area (Å²) in [5.74, 6) is -0.788. The third-order valence-electron chi connectivity index (χ3n) is 3.98. The van der Waals surface area contributed by atoms with Gasteiger partial charge in [0.1, 0.15) is 0 Å². The van der Waals surface area contributed by atoms with Crippen molar-refractivity contribution in [1.82, 2.24) is 4.90 Å². The second-order valence-corrected chi connectivity index (χ2v) is 5.24. The van der Waals surface area contributed by atoms with Crippen molar-refractivity contribution >= 4 is 17.6 Å². The van der Waals surface area contributed by atoms with Crippen LogP contribution >= 0.6 is 0 Å². The number of hydrogen-bond acceptors (Lipinski definition) is 3. The fourth-order valence-corrected chi connectivity index (χ4v) is 2.81. The Morgan fingerprint density at radius 3 is 2.62 bits per heavy atom. The third-order valence-corrected chi connectivity index (χ3v) is 3.98. The van der Waals surface area contributed by atoms with E-state index in [0.717, 1.165) is 30.6 Å². The molecule has 0 radical (unpaired) electrons. The SMILES string of the molecule is CCN(CC)C(=O)CN1CCCc2cc(C(=O)O)ccc21. The fraction of sp³-hybridized carbons (Fsp3) is 0.500. The van der Waals surface area contributed by atoms with Crippen LogP contribution in [-0.4, -0.2) is 48.1 Å². The summed E-state index contributed by atoms with van der Waals surface area (Å²) in [7, 11) is 0. The van der Waals surface area contributed by atoms with Gasteiger partial charge in [-0.25, -0.2) is 4.79 Å². The number of aryl methyl sites for hydroxylation is 1. The van der Waals surface area contributed by atoms with Crippen LogP contribution in [0.15, 0.2) is 18.2 Å². The highest BCUT2D eigenvalue weighted by molar-refractivity contribution is 5.89. The number of anilines is 1. The lowest BCUT2D eigenvalue weighted by atomic mass is 9.99. The first-order valence-corrected chi connectivity index (χ1v) is 7.45. The zero-order chi connectivity index (χ0) is 15.4. The van der Waals surface area contributed by atoms with Gasteiger partial charge in [0.15, 0.2) is 0 Å². The lowest BCUT2D eigenvalue weighted by Gasteiger charge is -2.32. The van der Waals surface area contributed by atoms with Crippen LogP contribution in [0.1, 0.15) is 36.2 Å². The van der Waals surface area contributed by atoms with Crippen molar-refractivity contribution in [2.75, 3.05) is 31.1 Å². The molecule has 0 fully saturated rings. The number of amides is 1. The van der Waals surface area contributed by atoms with Gasteiger partial charge in [0.2, 0.25) is 5.91 Å². The van der Waals surface area contributed by atoms with Gasteiger partial charge in [-0.1, -0.05) is 0 Å². The van der Waals surface area contributed by atoms with E-state index in [1.165, 1.54) is 0 Å². The van der Waals surface area contributed by atoms with E-state index in [2.05, 4.69) is 4.90 Å². The first kappa shape index (κ1) is 15.4. The van der Waals surface area contributed by atoms with Crippen molar-refractivity contribution in [2.45, 2.75) is 26.7 Å². The third kappa shape index (κ3) is 3.35. The number of rotatable bonds is 5. The predicted octanol–water partition coefficient (Wildman–Crippen LogP) is 2.01. The van der Waals surface area contributed by atoms with Gasteiger partial charge in [0.05, 0.1) is 12.1 Å². The van der Waals surface area contributed by atoms with Gasteiger partial charge >= 0.3 is 5.97 Å². The van der Waals surface area contributed by atoms with Gasteiger partial charge in [-0.15, -0.1) is 0 Å². The molecule has 5 heteroatoms. The Balaban J connectivity index is 2.18. The van der Waals surface area contributed by atoms with Crippen molar-refractivity contribution in [3.63, 3.8) is 0 Å². The summed E-state index contributed by atoms with van der Waals surface area (Å²) in [6.07, 6.45) is 1.81. The number of carboxylic acid groups (broad SMARTS) is 1. The number of likely N-dealkylation sites (N-methyl/N-ethyl adjacent to an activating group) is 1. The lowest BCUT2D eigenvalue weighted by Crippen LogP contribution is -2.42. The molecule has 0 atom stereocenters. The summed E-state index contributed by atoms with van der Waals surface area (Å²) < 4.78 is 0. The molecule has 21 heavy (non-hydrogen) atoms. The molecule has 0 saturated heterocycles. The minimum absolute atomic E-state index is 0.121. The molecular weight excluding hydrogens is 268 g/mol. The monoisotopic (exact) mass is 290 g/mol. The van der Waals surface area contributed by atoms with Crippen LogP contribution in [0.25, 0.3) is 0 Å². The Kier molecular flexibility index (Phi) is 4.83. The first-order chi connectivity index (χ1) is 10.1. The molecule has 1 aliphatic heterocycles. The summed E-state index contributed by atoms with van der Waals surface area (Å²) in [6, 6.07) is 5.17.